The molecule has 2 heterocycles. The summed E-state index contributed by atoms with van der Waals surface area (Å²) in [7, 11) is 1.58. The quantitative estimate of drug-likeness (QED) is 0.860. The zero-order valence-electron chi connectivity index (χ0n) is 11.6. The van der Waals surface area contributed by atoms with E-state index in [4.69, 9.17) is 28.5 Å². The monoisotopic (exact) mass is 358 g/mol. The maximum absolute atomic E-state index is 12.0. The number of H-pyrrole nitrogens is 1. The van der Waals surface area contributed by atoms with Crippen molar-refractivity contribution in [3.05, 3.63) is 21.1 Å². The van der Waals surface area contributed by atoms with Gasteiger partial charge in [0, 0.05) is 13.6 Å². The standard InChI is InChI=1S/C13H12Cl2N4O2S/c1-19(4-2-3-16)9(20)6-17-13(21)7-5-8-11(18-7)10(14)12(15)22-8/h5,18H,2,4,6H2,1H3,(H,17,21). The smallest absolute Gasteiger partial charge is 0.268 e. The van der Waals surface area contributed by atoms with Gasteiger partial charge in [0.15, 0.2) is 0 Å². The van der Waals surface area contributed by atoms with E-state index in [0.717, 1.165) is 4.70 Å². The summed E-state index contributed by atoms with van der Waals surface area (Å²) in [6.45, 7) is 0.194. The lowest BCUT2D eigenvalue weighted by Gasteiger charge is -2.15. The third kappa shape index (κ3) is 3.53. The second-order valence-corrected chi connectivity index (χ2v) is 6.55. The number of halogens is 2. The van der Waals surface area contributed by atoms with Crippen LogP contribution in [0.25, 0.3) is 10.2 Å². The summed E-state index contributed by atoms with van der Waals surface area (Å²) in [6, 6.07) is 3.59. The minimum atomic E-state index is -0.405. The number of hydrogen-bond donors (Lipinski definition) is 2. The fraction of sp³-hybridized carbons (Fsp3) is 0.308. The van der Waals surface area contributed by atoms with E-state index in [1.165, 1.54) is 16.2 Å². The molecule has 6 nitrogen and oxygen atoms in total. The first-order chi connectivity index (χ1) is 10.4. The fourth-order valence-corrected chi connectivity index (χ4v) is 3.25. The van der Waals surface area contributed by atoms with Crippen molar-refractivity contribution >= 4 is 56.6 Å². The number of rotatable bonds is 5. The van der Waals surface area contributed by atoms with Crippen molar-refractivity contribution in [3.8, 4) is 6.07 Å². The predicted molar refractivity (Wildman–Crippen MR) is 86.4 cm³/mol. The molecule has 0 saturated heterocycles. The highest BCUT2D eigenvalue weighted by molar-refractivity contribution is 7.23. The maximum atomic E-state index is 12.0. The van der Waals surface area contributed by atoms with E-state index in [0.29, 0.717) is 27.1 Å². The van der Waals surface area contributed by atoms with Crippen LogP contribution in [0.15, 0.2) is 6.07 Å². The number of amides is 2. The number of fused-ring (bicyclic) bond motifs is 1. The van der Waals surface area contributed by atoms with Gasteiger partial charge in [0.2, 0.25) is 5.91 Å². The summed E-state index contributed by atoms with van der Waals surface area (Å²) in [5.74, 6) is -0.671. The number of carbonyl (C=O) groups is 2. The van der Waals surface area contributed by atoms with Gasteiger partial charge >= 0.3 is 0 Å². The Morgan fingerprint density at radius 1 is 1.50 bits per heavy atom. The average molecular weight is 359 g/mol. The number of aromatic amines is 1. The van der Waals surface area contributed by atoms with Gasteiger partial charge in [-0.05, 0) is 6.07 Å². The minimum absolute atomic E-state index is 0.137. The number of nitriles is 1. The lowest BCUT2D eigenvalue weighted by Crippen LogP contribution is -2.38. The zero-order valence-corrected chi connectivity index (χ0v) is 13.9. The lowest BCUT2D eigenvalue weighted by molar-refractivity contribution is -0.128. The number of thiophene rings is 1. The van der Waals surface area contributed by atoms with Crippen LogP contribution in [0.1, 0.15) is 16.9 Å². The Balaban J connectivity index is 1.96. The minimum Gasteiger partial charge on any atom is -0.349 e. The van der Waals surface area contributed by atoms with Crippen LogP contribution in [0.3, 0.4) is 0 Å². The third-order valence-electron chi connectivity index (χ3n) is 3.00. The average Bonchev–Trinajstić information content (AvgIpc) is 3.02. The molecular weight excluding hydrogens is 347 g/mol. The molecule has 9 heteroatoms. The normalized spacial score (nSPS) is 10.5. The lowest BCUT2D eigenvalue weighted by atomic mass is 10.4. The van der Waals surface area contributed by atoms with Crippen molar-refractivity contribution < 1.29 is 9.59 Å². The molecule has 0 unspecified atom stereocenters. The highest BCUT2D eigenvalue weighted by atomic mass is 35.5. The number of carbonyl (C=O) groups excluding carboxylic acids is 2. The maximum Gasteiger partial charge on any atom is 0.268 e. The molecule has 0 aromatic carbocycles. The summed E-state index contributed by atoms with van der Waals surface area (Å²) in [4.78, 5) is 28.1. The molecule has 0 aliphatic heterocycles. The summed E-state index contributed by atoms with van der Waals surface area (Å²) >= 11 is 13.2. The molecule has 0 atom stereocenters. The van der Waals surface area contributed by atoms with E-state index in [2.05, 4.69) is 10.3 Å². The summed E-state index contributed by atoms with van der Waals surface area (Å²) < 4.78 is 1.24. The van der Waals surface area contributed by atoms with E-state index in [-0.39, 0.29) is 18.9 Å². The van der Waals surface area contributed by atoms with E-state index in [1.807, 2.05) is 6.07 Å². The SMILES string of the molecule is CN(CCC#N)C(=O)CNC(=O)c1cc2sc(Cl)c(Cl)c2[nH]1. The van der Waals surface area contributed by atoms with Gasteiger partial charge in [0.05, 0.1) is 34.3 Å². The molecule has 2 rings (SSSR count). The van der Waals surface area contributed by atoms with Gasteiger partial charge in [-0.15, -0.1) is 11.3 Å². The summed E-state index contributed by atoms with van der Waals surface area (Å²) in [5, 5.41) is 11.4. The topological polar surface area (TPSA) is 89.0 Å². The molecule has 0 spiro atoms. The molecule has 0 fully saturated rings. The number of nitrogens with one attached hydrogen (secondary N) is 2. The van der Waals surface area contributed by atoms with Crippen molar-refractivity contribution in [1.82, 2.24) is 15.2 Å². The first-order valence-corrected chi connectivity index (χ1v) is 7.87. The van der Waals surface area contributed by atoms with Crippen LogP contribution in [-0.4, -0.2) is 41.8 Å². The van der Waals surface area contributed by atoms with Gasteiger partial charge in [0.1, 0.15) is 10.0 Å². The van der Waals surface area contributed by atoms with Crippen molar-refractivity contribution in [3.63, 3.8) is 0 Å². The fourth-order valence-electron chi connectivity index (χ4n) is 1.77. The molecule has 22 heavy (non-hydrogen) atoms. The van der Waals surface area contributed by atoms with Crippen molar-refractivity contribution in [1.29, 1.82) is 5.26 Å². The number of hydrogen-bond acceptors (Lipinski definition) is 4. The third-order valence-corrected chi connectivity index (χ3v) is 4.94. The van der Waals surface area contributed by atoms with Crippen molar-refractivity contribution in [2.24, 2.45) is 0 Å². The Kier molecular flexibility index (Phi) is 5.29. The van der Waals surface area contributed by atoms with Gasteiger partial charge in [-0.3, -0.25) is 9.59 Å². The van der Waals surface area contributed by atoms with Crippen LogP contribution in [0.5, 0.6) is 0 Å². The molecule has 0 aliphatic rings. The molecule has 2 aromatic heterocycles. The van der Waals surface area contributed by atoms with Crippen LogP contribution in [0.4, 0.5) is 0 Å². The molecule has 0 aliphatic carbocycles. The molecule has 0 bridgehead atoms. The van der Waals surface area contributed by atoms with Crippen LogP contribution in [-0.2, 0) is 4.79 Å². The molecular formula is C13H12Cl2N4O2S. The molecule has 0 saturated carbocycles. The van der Waals surface area contributed by atoms with Gasteiger partial charge in [0.25, 0.3) is 5.91 Å². The molecule has 2 N–H and O–H groups in total. The Labute approximate surface area is 140 Å². The van der Waals surface area contributed by atoms with Gasteiger partial charge in [-0.1, -0.05) is 23.2 Å². The van der Waals surface area contributed by atoms with E-state index < -0.39 is 5.91 Å². The number of likely N-dealkylation sites (N-methyl/N-ethyl adjacent to an activating group) is 1. The molecule has 116 valence electrons. The van der Waals surface area contributed by atoms with Crippen LogP contribution in [0.2, 0.25) is 9.36 Å². The van der Waals surface area contributed by atoms with Crippen LogP contribution < -0.4 is 5.32 Å². The Bertz CT molecular complexity index is 762. The van der Waals surface area contributed by atoms with E-state index >= 15 is 0 Å². The van der Waals surface area contributed by atoms with E-state index in [9.17, 15) is 9.59 Å². The predicted octanol–water partition coefficient (Wildman–Crippen LogP) is 2.64. The van der Waals surface area contributed by atoms with Gasteiger partial charge in [-0.2, -0.15) is 5.26 Å². The van der Waals surface area contributed by atoms with Gasteiger partial charge in [-0.25, -0.2) is 0 Å². The second-order valence-electron chi connectivity index (χ2n) is 4.52. The Hall–Kier alpha value is -1.75. The molecule has 0 radical (unpaired) electrons. The molecule has 2 aromatic rings. The van der Waals surface area contributed by atoms with E-state index in [1.54, 1.807) is 13.1 Å². The first-order valence-electron chi connectivity index (χ1n) is 6.29. The first kappa shape index (κ1) is 16.6. The second kappa shape index (κ2) is 7.01. The Morgan fingerprint density at radius 3 is 2.86 bits per heavy atom. The van der Waals surface area contributed by atoms with Crippen LogP contribution in [0, 0.1) is 11.3 Å². The number of aromatic nitrogens is 1. The molecule has 2 amide bonds. The summed E-state index contributed by atoms with van der Waals surface area (Å²) in [5.41, 5.74) is 0.923. The highest BCUT2D eigenvalue weighted by Crippen LogP contribution is 2.38. The van der Waals surface area contributed by atoms with Crippen LogP contribution >= 0.6 is 34.5 Å². The van der Waals surface area contributed by atoms with Crippen molar-refractivity contribution in [2.75, 3.05) is 20.1 Å². The summed E-state index contributed by atoms with van der Waals surface area (Å²) in [6.07, 6.45) is 0.252. The van der Waals surface area contributed by atoms with Crippen molar-refractivity contribution in [2.45, 2.75) is 6.42 Å². The largest absolute Gasteiger partial charge is 0.349 e. The highest BCUT2D eigenvalue weighted by Gasteiger charge is 2.17. The zero-order chi connectivity index (χ0) is 16.3. The number of nitrogens with zero attached hydrogens (tertiary/aromatic N) is 2. The van der Waals surface area contributed by atoms with Gasteiger partial charge < -0.3 is 15.2 Å². The Morgan fingerprint density at radius 2 is 2.23 bits per heavy atom.